The van der Waals surface area contributed by atoms with Crippen LogP contribution in [0, 0.1) is 0 Å². The molecule has 1 fully saturated rings. The Kier molecular flexibility index (Phi) is 4.56. The average molecular weight is 286 g/mol. The van der Waals surface area contributed by atoms with Gasteiger partial charge in [-0.2, -0.15) is 5.10 Å². The summed E-state index contributed by atoms with van der Waals surface area (Å²) in [5.41, 5.74) is 8.15. The van der Waals surface area contributed by atoms with Crippen LogP contribution in [0.15, 0.2) is 24.3 Å². The van der Waals surface area contributed by atoms with Crippen molar-refractivity contribution in [2.24, 2.45) is 5.73 Å². The van der Waals surface area contributed by atoms with Crippen molar-refractivity contribution >= 4 is 10.9 Å². The van der Waals surface area contributed by atoms with Crippen molar-refractivity contribution in [2.75, 3.05) is 13.1 Å². The Morgan fingerprint density at radius 2 is 2.19 bits per heavy atom. The molecule has 0 radical (unpaired) electrons. The average Bonchev–Trinajstić information content (AvgIpc) is 3.10. The Hall–Kier alpha value is -1.39. The lowest BCUT2D eigenvalue weighted by atomic mass is 10.1. The third-order valence-electron chi connectivity index (χ3n) is 4.63. The van der Waals surface area contributed by atoms with Gasteiger partial charge in [-0.05, 0) is 51.8 Å². The molecule has 2 heterocycles. The summed E-state index contributed by atoms with van der Waals surface area (Å²) in [5, 5.41) is 6.15. The van der Waals surface area contributed by atoms with E-state index in [-0.39, 0.29) is 0 Å². The zero-order valence-corrected chi connectivity index (χ0v) is 13.0. The van der Waals surface area contributed by atoms with Crippen LogP contribution in [-0.4, -0.2) is 33.8 Å². The maximum absolute atomic E-state index is 5.67. The van der Waals surface area contributed by atoms with Crippen molar-refractivity contribution < 1.29 is 0 Å². The lowest BCUT2D eigenvalue weighted by molar-refractivity contribution is 0.230. The molecule has 1 atom stereocenters. The van der Waals surface area contributed by atoms with Crippen molar-refractivity contribution in [3.63, 3.8) is 0 Å². The molecule has 1 aromatic heterocycles. The van der Waals surface area contributed by atoms with Crippen LogP contribution >= 0.6 is 0 Å². The highest BCUT2D eigenvalue weighted by Crippen LogP contribution is 2.26. The molecule has 4 nitrogen and oxygen atoms in total. The van der Waals surface area contributed by atoms with Crippen LogP contribution in [0.4, 0.5) is 0 Å². The van der Waals surface area contributed by atoms with Crippen molar-refractivity contribution in [1.82, 2.24) is 14.7 Å². The van der Waals surface area contributed by atoms with Crippen LogP contribution in [-0.2, 0) is 13.1 Å². The highest BCUT2D eigenvalue weighted by Gasteiger charge is 2.25. The molecule has 1 unspecified atom stereocenters. The summed E-state index contributed by atoms with van der Waals surface area (Å²) in [4.78, 5) is 2.60. The van der Waals surface area contributed by atoms with Crippen LogP contribution in [0.1, 0.15) is 38.3 Å². The normalized spacial score (nSPS) is 19.6. The molecular weight excluding hydrogens is 260 g/mol. The van der Waals surface area contributed by atoms with Crippen molar-refractivity contribution in [3.05, 3.63) is 30.0 Å². The Morgan fingerprint density at radius 1 is 1.33 bits per heavy atom. The van der Waals surface area contributed by atoms with Crippen LogP contribution in [0.2, 0.25) is 0 Å². The lowest BCUT2D eigenvalue weighted by Crippen LogP contribution is -2.29. The molecule has 1 saturated heterocycles. The SMILES string of the molecule is CCn1nc(CN2CCCC2CCCN)c2ccccc21. The summed E-state index contributed by atoms with van der Waals surface area (Å²) in [6.07, 6.45) is 4.97. The van der Waals surface area contributed by atoms with Crippen molar-refractivity contribution in [3.8, 4) is 0 Å². The second-order valence-corrected chi connectivity index (χ2v) is 5.98. The zero-order chi connectivity index (χ0) is 14.7. The predicted molar refractivity (Wildman–Crippen MR) is 87.1 cm³/mol. The number of aryl methyl sites for hydroxylation is 1. The highest BCUT2D eigenvalue weighted by atomic mass is 15.3. The van der Waals surface area contributed by atoms with E-state index in [2.05, 4.69) is 40.8 Å². The van der Waals surface area contributed by atoms with Crippen LogP contribution < -0.4 is 5.73 Å². The quantitative estimate of drug-likeness (QED) is 0.888. The van der Waals surface area contributed by atoms with E-state index in [1.54, 1.807) is 0 Å². The molecule has 3 rings (SSSR count). The minimum Gasteiger partial charge on any atom is -0.330 e. The van der Waals surface area contributed by atoms with Gasteiger partial charge in [0.25, 0.3) is 0 Å². The van der Waals surface area contributed by atoms with Gasteiger partial charge in [-0.25, -0.2) is 0 Å². The molecule has 114 valence electrons. The molecule has 1 aliphatic heterocycles. The number of likely N-dealkylation sites (tertiary alicyclic amines) is 1. The number of nitrogens with zero attached hydrogens (tertiary/aromatic N) is 3. The maximum Gasteiger partial charge on any atom is 0.0843 e. The van der Waals surface area contributed by atoms with Gasteiger partial charge in [0, 0.05) is 24.5 Å². The van der Waals surface area contributed by atoms with Crippen molar-refractivity contribution in [2.45, 2.75) is 51.7 Å². The Balaban J connectivity index is 1.81. The number of rotatable bonds is 6. The number of benzene rings is 1. The van der Waals surface area contributed by atoms with Gasteiger partial charge in [0.15, 0.2) is 0 Å². The summed E-state index contributed by atoms with van der Waals surface area (Å²) < 4.78 is 2.12. The fourth-order valence-electron chi connectivity index (χ4n) is 3.53. The maximum atomic E-state index is 5.67. The Morgan fingerprint density at radius 3 is 3.00 bits per heavy atom. The summed E-state index contributed by atoms with van der Waals surface area (Å²) >= 11 is 0. The standard InChI is InChI=1S/C17H26N4/c1-2-21-17-10-4-3-9-15(17)16(19-21)13-20-12-6-8-14(20)7-5-11-18/h3-4,9-10,14H,2,5-8,11-13,18H2,1H3. The zero-order valence-electron chi connectivity index (χ0n) is 13.0. The first kappa shape index (κ1) is 14.5. The minimum absolute atomic E-state index is 0.694. The lowest BCUT2D eigenvalue weighted by Gasteiger charge is -2.23. The number of para-hydroxylation sites is 1. The van der Waals surface area contributed by atoms with Gasteiger partial charge in [0.05, 0.1) is 11.2 Å². The van der Waals surface area contributed by atoms with Gasteiger partial charge in [-0.3, -0.25) is 9.58 Å². The van der Waals surface area contributed by atoms with Gasteiger partial charge in [0.2, 0.25) is 0 Å². The van der Waals surface area contributed by atoms with E-state index in [0.717, 1.165) is 26.1 Å². The molecular formula is C17H26N4. The second kappa shape index (κ2) is 6.58. The molecule has 2 aromatic rings. The Labute approximate surface area is 126 Å². The first-order valence-corrected chi connectivity index (χ1v) is 8.22. The van der Waals surface area contributed by atoms with Crippen LogP contribution in [0.5, 0.6) is 0 Å². The Bertz CT molecular complexity index is 589. The third kappa shape index (κ3) is 2.97. The van der Waals surface area contributed by atoms with Crippen molar-refractivity contribution in [1.29, 1.82) is 0 Å². The van der Waals surface area contributed by atoms with Gasteiger partial charge in [-0.1, -0.05) is 18.2 Å². The summed E-state index contributed by atoms with van der Waals surface area (Å²) in [7, 11) is 0. The number of aromatic nitrogens is 2. The van der Waals surface area contributed by atoms with Crippen LogP contribution in [0.3, 0.4) is 0 Å². The van der Waals surface area contributed by atoms with E-state index >= 15 is 0 Å². The van der Waals surface area contributed by atoms with Crippen LogP contribution in [0.25, 0.3) is 10.9 Å². The van der Waals surface area contributed by atoms with Gasteiger partial charge >= 0.3 is 0 Å². The second-order valence-electron chi connectivity index (χ2n) is 5.98. The van der Waals surface area contributed by atoms with E-state index in [1.165, 1.54) is 42.4 Å². The topological polar surface area (TPSA) is 47.1 Å². The summed E-state index contributed by atoms with van der Waals surface area (Å²) in [6, 6.07) is 9.28. The molecule has 1 aromatic carbocycles. The smallest absolute Gasteiger partial charge is 0.0843 e. The van der Waals surface area contributed by atoms with Gasteiger partial charge < -0.3 is 5.73 Å². The number of fused-ring (bicyclic) bond motifs is 1. The largest absolute Gasteiger partial charge is 0.330 e. The molecule has 0 spiro atoms. The third-order valence-corrected chi connectivity index (χ3v) is 4.63. The molecule has 0 amide bonds. The number of hydrogen-bond acceptors (Lipinski definition) is 3. The molecule has 4 heteroatoms. The minimum atomic E-state index is 0.694. The fourth-order valence-corrected chi connectivity index (χ4v) is 3.53. The number of hydrogen-bond donors (Lipinski definition) is 1. The van der Waals surface area contributed by atoms with E-state index in [4.69, 9.17) is 10.8 Å². The monoisotopic (exact) mass is 286 g/mol. The fraction of sp³-hybridized carbons (Fsp3) is 0.588. The molecule has 0 saturated carbocycles. The number of nitrogens with two attached hydrogens (primary N) is 1. The summed E-state index contributed by atoms with van der Waals surface area (Å²) in [5.74, 6) is 0. The van der Waals surface area contributed by atoms with E-state index in [9.17, 15) is 0 Å². The predicted octanol–water partition coefficient (Wildman–Crippen LogP) is 2.76. The first-order chi connectivity index (χ1) is 10.3. The molecule has 0 aliphatic carbocycles. The molecule has 1 aliphatic rings. The van der Waals surface area contributed by atoms with Gasteiger partial charge in [0.1, 0.15) is 0 Å². The van der Waals surface area contributed by atoms with E-state index in [1.807, 2.05) is 0 Å². The molecule has 2 N–H and O–H groups in total. The summed E-state index contributed by atoms with van der Waals surface area (Å²) in [6.45, 7) is 6.06. The molecule has 21 heavy (non-hydrogen) atoms. The van der Waals surface area contributed by atoms with E-state index in [0.29, 0.717) is 6.04 Å². The first-order valence-electron chi connectivity index (χ1n) is 8.22. The van der Waals surface area contributed by atoms with Gasteiger partial charge in [-0.15, -0.1) is 0 Å². The highest BCUT2D eigenvalue weighted by molar-refractivity contribution is 5.81. The van der Waals surface area contributed by atoms with E-state index < -0.39 is 0 Å². The molecule has 0 bridgehead atoms.